The molecule has 0 unspecified atom stereocenters. The molecule has 9 heteroatoms. The highest BCUT2D eigenvalue weighted by Gasteiger charge is 2.23. The molecule has 5 rings (SSSR count). The van der Waals surface area contributed by atoms with Crippen LogP contribution in [0.25, 0.3) is 21.5 Å². The van der Waals surface area contributed by atoms with Crippen LogP contribution in [-0.2, 0) is 13.1 Å². The zero-order chi connectivity index (χ0) is 24.7. The highest BCUT2D eigenvalue weighted by atomic mass is 32.1. The van der Waals surface area contributed by atoms with Crippen LogP contribution in [0, 0.1) is 6.92 Å². The summed E-state index contributed by atoms with van der Waals surface area (Å²) >= 11 is 1.40. The van der Waals surface area contributed by atoms with Crippen molar-refractivity contribution in [1.82, 2.24) is 24.8 Å². The second-order valence-electron chi connectivity index (χ2n) is 9.61. The normalized spacial score (nSPS) is 13.9. The van der Waals surface area contributed by atoms with Crippen LogP contribution < -0.4 is 15.4 Å². The largest absolute Gasteiger partial charge is 0.491 e. The van der Waals surface area contributed by atoms with Crippen molar-refractivity contribution >= 4 is 32.6 Å². The second kappa shape index (κ2) is 9.39. The maximum Gasteiger partial charge on any atom is 0.182 e. The summed E-state index contributed by atoms with van der Waals surface area (Å²) in [5, 5.41) is 0.534. The molecule has 182 valence electrons. The maximum absolute atomic E-state index is 6.25. The van der Waals surface area contributed by atoms with Crippen LogP contribution in [0.1, 0.15) is 42.3 Å². The summed E-state index contributed by atoms with van der Waals surface area (Å²) in [6.07, 6.45) is 3.88. The van der Waals surface area contributed by atoms with Gasteiger partial charge in [0.1, 0.15) is 34.3 Å². The van der Waals surface area contributed by atoms with Gasteiger partial charge in [0.2, 0.25) is 0 Å². The monoisotopic (exact) mass is 489 g/mol. The van der Waals surface area contributed by atoms with Gasteiger partial charge in [-0.2, -0.15) is 0 Å². The number of aryl methyl sites for hydroxylation is 1. The lowest BCUT2D eigenvalue weighted by Crippen LogP contribution is -2.28. The predicted octanol–water partition coefficient (Wildman–Crippen LogP) is 4.62. The van der Waals surface area contributed by atoms with Crippen molar-refractivity contribution in [3.8, 4) is 16.9 Å². The number of aromatic nitrogens is 4. The third-order valence-electron chi connectivity index (χ3n) is 6.14. The molecule has 4 aromatic rings. The molecule has 2 N–H and O–H groups in total. The summed E-state index contributed by atoms with van der Waals surface area (Å²) in [7, 11) is 4.07. The first kappa shape index (κ1) is 23.4. The Morgan fingerprint density at radius 1 is 1.11 bits per heavy atom. The molecule has 4 heterocycles. The van der Waals surface area contributed by atoms with E-state index in [0.29, 0.717) is 30.7 Å². The smallest absolute Gasteiger partial charge is 0.182 e. The average molecular weight is 490 g/mol. The summed E-state index contributed by atoms with van der Waals surface area (Å²) in [6, 6.07) is 6.42. The number of nitrogens with zero attached hydrogens (tertiary/aromatic N) is 6. The topological polar surface area (TPSA) is 93.3 Å². The lowest BCUT2D eigenvalue weighted by molar-refractivity contribution is 0.329. The molecular formula is C26H31N7OS. The summed E-state index contributed by atoms with van der Waals surface area (Å²) in [4.78, 5) is 23.9. The average Bonchev–Trinajstić information content (AvgIpc) is 3.03. The Morgan fingerprint density at radius 2 is 1.94 bits per heavy atom. The van der Waals surface area contributed by atoms with Crippen LogP contribution in [0.4, 0.5) is 10.9 Å². The highest BCUT2D eigenvalue weighted by molar-refractivity contribution is 7.21. The van der Waals surface area contributed by atoms with Gasteiger partial charge in [-0.25, -0.2) is 19.9 Å². The van der Waals surface area contributed by atoms with Crippen LogP contribution in [0.2, 0.25) is 0 Å². The van der Waals surface area contributed by atoms with Crippen molar-refractivity contribution in [2.75, 3.05) is 37.9 Å². The molecule has 3 aromatic heterocycles. The molecule has 35 heavy (non-hydrogen) atoms. The van der Waals surface area contributed by atoms with E-state index in [1.54, 1.807) is 0 Å². The van der Waals surface area contributed by atoms with Crippen LogP contribution in [0.5, 0.6) is 5.75 Å². The minimum absolute atomic E-state index is 0.318. The summed E-state index contributed by atoms with van der Waals surface area (Å²) < 4.78 is 6.25. The fourth-order valence-electron chi connectivity index (χ4n) is 4.50. The molecule has 0 spiro atoms. The molecule has 1 aromatic carbocycles. The third-order valence-corrected chi connectivity index (χ3v) is 6.95. The maximum atomic E-state index is 6.25. The number of nitrogens with two attached hydrogens (primary N) is 1. The molecule has 0 atom stereocenters. The number of thiazole rings is 1. The standard InChI is InChI=1S/C26H31N7OS/c1-15(2)20-12-28-22(14-32(4)5)31-24(20)33-6-7-34-23-16(3)8-17(9-19(23)13-33)18-10-21-25(29-11-18)35-26(27)30-21/h8-12,15H,6-7,13-14H2,1-5H3,(H2,27,30). The van der Waals surface area contributed by atoms with Gasteiger partial charge >= 0.3 is 0 Å². The highest BCUT2D eigenvalue weighted by Crippen LogP contribution is 2.36. The van der Waals surface area contributed by atoms with Crippen molar-refractivity contribution in [3.05, 3.63) is 53.1 Å². The molecule has 0 aliphatic carbocycles. The fraction of sp³-hybridized carbons (Fsp3) is 0.385. The molecule has 1 aliphatic heterocycles. The first-order valence-electron chi connectivity index (χ1n) is 11.8. The molecule has 0 radical (unpaired) electrons. The molecule has 8 nitrogen and oxygen atoms in total. The van der Waals surface area contributed by atoms with Crippen LogP contribution in [0.3, 0.4) is 0 Å². The summed E-state index contributed by atoms with van der Waals surface area (Å²) in [6.45, 7) is 9.24. The van der Waals surface area contributed by atoms with E-state index in [1.165, 1.54) is 11.3 Å². The Hall–Kier alpha value is -3.30. The molecule has 0 amide bonds. The second-order valence-corrected chi connectivity index (χ2v) is 10.6. The van der Waals surface area contributed by atoms with Crippen LogP contribution in [0.15, 0.2) is 30.6 Å². The quantitative estimate of drug-likeness (QED) is 0.434. The molecule has 0 fully saturated rings. The Balaban J connectivity index is 1.54. The van der Waals surface area contributed by atoms with Crippen molar-refractivity contribution < 1.29 is 4.74 Å². The number of rotatable bonds is 5. The van der Waals surface area contributed by atoms with E-state index in [-0.39, 0.29) is 0 Å². The van der Waals surface area contributed by atoms with Gasteiger partial charge in [-0.05, 0) is 56.3 Å². The minimum atomic E-state index is 0.318. The van der Waals surface area contributed by atoms with Crippen LogP contribution >= 0.6 is 11.3 Å². The van der Waals surface area contributed by atoms with Gasteiger partial charge in [0.25, 0.3) is 0 Å². The third kappa shape index (κ3) is 4.78. The van der Waals surface area contributed by atoms with Crippen molar-refractivity contribution in [2.45, 2.75) is 39.8 Å². The van der Waals surface area contributed by atoms with Gasteiger partial charge in [0.05, 0.1) is 13.1 Å². The van der Waals surface area contributed by atoms with E-state index in [9.17, 15) is 0 Å². The lowest BCUT2D eigenvalue weighted by Gasteiger charge is -2.26. The number of nitrogen functional groups attached to an aromatic ring is 1. The summed E-state index contributed by atoms with van der Waals surface area (Å²) in [5.41, 5.74) is 12.2. The van der Waals surface area contributed by atoms with Crippen molar-refractivity contribution in [1.29, 1.82) is 0 Å². The number of hydrogen-bond acceptors (Lipinski definition) is 9. The number of benzene rings is 1. The van der Waals surface area contributed by atoms with Gasteiger partial charge in [0, 0.05) is 35.6 Å². The fourth-order valence-corrected chi connectivity index (χ4v) is 5.15. The Labute approximate surface area is 209 Å². The Kier molecular flexibility index (Phi) is 6.29. The van der Waals surface area contributed by atoms with E-state index in [0.717, 1.165) is 62.1 Å². The number of anilines is 2. The molecule has 1 aliphatic rings. The van der Waals surface area contributed by atoms with E-state index in [2.05, 4.69) is 63.7 Å². The molecule has 0 saturated carbocycles. The van der Waals surface area contributed by atoms with Gasteiger partial charge < -0.3 is 20.3 Å². The van der Waals surface area contributed by atoms with Gasteiger partial charge in [-0.1, -0.05) is 25.2 Å². The number of fused-ring (bicyclic) bond motifs is 2. The first-order valence-corrected chi connectivity index (χ1v) is 12.6. The first-order chi connectivity index (χ1) is 16.8. The SMILES string of the molecule is Cc1cc(-c2cnc3sc(N)nc3c2)cc2c1OCCN(c1nc(CN(C)C)ncc1C(C)C)C2. The van der Waals surface area contributed by atoms with E-state index in [1.807, 2.05) is 26.5 Å². The van der Waals surface area contributed by atoms with E-state index < -0.39 is 0 Å². The van der Waals surface area contributed by atoms with Gasteiger partial charge in [0.15, 0.2) is 5.13 Å². The zero-order valence-electron chi connectivity index (χ0n) is 20.9. The number of ether oxygens (including phenoxy) is 1. The Morgan fingerprint density at radius 3 is 2.71 bits per heavy atom. The number of pyridine rings is 1. The summed E-state index contributed by atoms with van der Waals surface area (Å²) in [5.74, 6) is 3.09. The van der Waals surface area contributed by atoms with Crippen LogP contribution in [-0.4, -0.2) is 52.1 Å². The predicted molar refractivity (Wildman–Crippen MR) is 142 cm³/mol. The van der Waals surface area contributed by atoms with E-state index >= 15 is 0 Å². The van der Waals surface area contributed by atoms with Gasteiger partial charge in [-0.3, -0.25) is 0 Å². The zero-order valence-corrected chi connectivity index (χ0v) is 21.7. The van der Waals surface area contributed by atoms with E-state index in [4.69, 9.17) is 15.5 Å². The van der Waals surface area contributed by atoms with Crippen molar-refractivity contribution in [2.24, 2.45) is 0 Å². The number of hydrogen-bond donors (Lipinski definition) is 1. The minimum Gasteiger partial charge on any atom is -0.491 e. The molecule has 0 saturated heterocycles. The molecular weight excluding hydrogens is 458 g/mol. The lowest BCUT2D eigenvalue weighted by atomic mass is 9.99. The Bertz CT molecular complexity index is 1380. The van der Waals surface area contributed by atoms with Gasteiger partial charge in [-0.15, -0.1) is 0 Å². The molecule has 0 bridgehead atoms. The van der Waals surface area contributed by atoms with Crippen molar-refractivity contribution in [3.63, 3.8) is 0 Å².